The van der Waals surface area contributed by atoms with Crippen molar-refractivity contribution in [1.82, 2.24) is 5.32 Å². The number of hydrogen-bond donors (Lipinski definition) is 1. The molecule has 1 aromatic rings. The summed E-state index contributed by atoms with van der Waals surface area (Å²) in [6.45, 7) is 4.26. The summed E-state index contributed by atoms with van der Waals surface area (Å²) < 4.78 is 5.42. The minimum atomic E-state index is -0.0390. The number of methoxy groups -OCH3 is 1. The van der Waals surface area contributed by atoms with E-state index in [0.29, 0.717) is 12.3 Å². The van der Waals surface area contributed by atoms with E-state index < -0.39 is 0 Å². The fourth-order valence-corrected chi connectivity index (χ4v) is 3.29. The van der Waals surface area contributed by atoms with E-state index in [1.165, 1.54) is 0 Å². The molecule has 0 aromatic heterocycles. The van der Waals surface area contributed by atoms with E-state index >= 15 is 0 Å². The van der Waals surface area contributed by atoms with Crippen LogP contribution in [0.4, 0.5) is 0 Å². The number of hydrogen-bond acceptors (Lipinski definition) is 2. The van der Waals surface area contributed by atoms with Crippen LogP contribution in [0.5, 0.6) is 5.75 Å². The number of carbonyl (C=O) groups is 1. The molecule has 0 unspecified atom stereocenters. The van der Waals surface area contributed by atoms with Crippen LogP contribution in [0.3, 0.4) is 0 Å². The molecule has 0 bridgehead atoms. The van der Waals surface area contributed by atoms with E-state index in [4.69, 9.17) is 16.3 Å². The van der Waals surface area contributed by atoms with Gasteiger partial charge in [-0.25, -0.2) is 0 Å². The summed E-state index contributed by atoms with van der Waals surface area (Å²) in [5, 5.41) is 3.71. The molecule has 4 heteroatoms. The summed E-state index contributed by atoms with van der Waals surface area (Å²) >= 11 is 6.14. The lowest BCUT2D eigenvalue weighted by Gasteiger charge is -2.15. The van der Waals surface area contributed by atoms with Gasteiger partial charge < -0.3 is 10.1 Å². The van der Waals surface area contributed by atoms with Crippen molar-refractivity contribution in [2.24, 2.45) is 5.92 Å². The topological polar surface area (TPSA) is 38.3 Å². The molecule has 1 amide bonds. The summed E-state index contributed by atoms with van der Waals surface area (Å²) in [7, 11) is 1.68. The smallest absolute Gasteiger partial charge is 0.252 e. The van der Waals surface area contributed by atoms with Crippen molar-refractivity contribution in [3.8, 4) is 5.75 Å². The highest BCUT2D eigenvalue weighted by atomic mass is 35.5. The second-order valence-electron chi connectivity index (χ2n) is 6.20. The Morgan fingerprint density at radius 3 is 2.83 bits per heavy atom. The molecule has 120 valence electrons. The number of ether oxygens (including phenoxy) is 1. The van der Waals surface area contributed by atoms with Gasteiger partial charge in [0.15, 0.2) is 0 Å². The van der Waals surface area contributed by atoms with Gasteiger partial charge in [-0.1, -0.05) is 31.5 Å². The van der Waals surface area contributed by atoms with Crippen LogP contribution in [-0.4, -0.2) is 13.0 Å². The van der Waals surface area contributed by atoms with Crippen molar-refractivity contribution in [3.05, 3.63) is 57.8 Å². The molecule has 1 aliphatic carbocycles. The number of fused-ring (bicyclic) bond motifs is 1. The van der Waals surface area contributed by atoms with Gasteiger partial charge in [0.2, 0.25) is 0 Å². The first-order valence-electron chi connectivity index (χ1n) is 7.76. The third-order valence-electron chi connectivity index (χ3n) is 4.31. The standard InChI is InChI=1S/C19H20ClNO2/c1-11(2)14-8-12(4-7-18(14)23-3)9-16-15-10-13(20)5-6-17(15)21-19(16)22/h4-9,11,15H,10H2,1-3H3,(H,21,22)/b16-9+/t15-/m0/s1. The molecule has 1 N–H and O–H groups in total. The maximum absolute atomic E-state index is 12.3. The molecule has 1 heterocycles. The fraction of sp³-hybridized carbons (Fsp3) is 0.316. The number of benzene rings is 1. The van der Waals surface area contributed by atoms with Crippen LogP contribution in [-0.2, 0) is 4.79 Å². The molecule has 3 nitrogen and oxygen atoms in total. The van der Waals surface area contributed by atoms with Gasteiger partial charge in [0.05, 0.1) is 7.11 Å². The Labute approximate surface area is 141 Å². The zero-order valence-corrected chi connectivity index (χ0v) is 14.3. The first-order valence-corrected chi connectivity index (χ1v) is 8.14. The van der Waals surface area contributed by atoms with Crippen LogP contribution in [0, 0.1) is 5.92 Å². The molecular weight excluding hydrogens is 310 g/mol. The largest absolute Gasteiger partial charge is 0.496 e. The average molecular weight is 330 g/mol. The van der Waals surface area contributed by atoms with Crippen LogP contribution in [0.1, 0.15) is 37.3 Å². The predicted molar refractivity (Wildman–Crippen MR) is 93.3 cm³/mol. The quantitative estimate of drug-likeness (QED) is 0.837. The Hall–Kier alpha value is -2.00. The second kappa shape index (κ2) is 6.25. The van der Waals surface area contributed by atoms with E-state index in [1.807, 2.05) is 30.4 Å². The van der Waals surface area contributed by atoms with Gasteiger partial charge in [0, 0.05) is 22.2 Å². The Morgan fingerprint density at radius 1 is 1.35 bits per heavy atom. The number of amides is 1. The molecular formula is C19H20ClNO2. The number of carbonyl (C=O) groups excluding carboxylic acids is 1. The molecule has 0 spiro atoms. The van der Waals surface area contributed by atoms with E-state index in [0.717, 1.165) is 33.2 Å². The van der Waals surface area contributed by atoms with Crippen molar-refractivity contribution >= 4 is 23.6 Å². The van der Waals surface area contributed by atoms with Gasteiger partial charge in [-0.15, -0.1) is 0 Å². The van der Waals surface area contributed by atoms with Crippen molar-refractivity contribution in [1.29, 1.82) is 0 Å². The highest BCUT2D eigenvalue weighted by molar-refractivity contribution is 6.30. The molecule has 3 rings (SSSR count). The minimum Gasteiger partial charge on any atom is -0.496 e. The summed E-state index contributed by atoms with van der Waals surface area (Å²) in [6, 6.07) is 6.03. The number of halogens is 1. The number of nitrogens with one attached hydrogen (secondary N) is 1. The van der Waals surface area contributed by atoms with Gasteiger partial charge in [0.25, 0.3) is 5.91 Å². The Balaban J connectivity index is 1.98. The summed E-state index contributed by atoms with van der Waals surface area (Å²) in [6.07, 6.45) is 6.37. The molecule has 1 saturated heterocycles. The van der Waals surface area contributed by atoms with Crippen molar-refractivity contribution in [2.75, 3.05) is 7.11 Å². The highest BCUT2D eigenvalue weighted by Crippen LogP contribution is 2.37. The second-order valence-corrected chi connectivity index (χ2v) is 6.69. The highest BCUT2D eigenvalue weighted by Gasteiger charge is 2.34. The van der Waals surface area contributed by atoms with Gasteiger partial charge in [-0.2, -0.15) is 0 Å². The SMILES string of the molecule is COc1ccc(/C=C2/C(=O)NC3=CC=C(Cl)C[C@H]32)cc1C(C)C. The zero-order chi connectivity index (χ0) is 16.6. The molecule has 0 radical (unpaired) electrons. The first-order chi connectivity index (χ1) is 11.0. The minimum absolute atomic E-state index is 0.0320. The molecule has 1 fully saturated rings. The van der Waals surface area contributed by atoms with Crippen LogP contribution < -0.4 is 10.1 Å². The summed E-state index contributed by atoms with van der Waals surface area (Å²) in [5.41, 5.74) is 3.84. The Bertz CT molecular complexity index is 744. The molecule has 1 atom stereocenters. The predicted octanol–water partition coefficient (Wildman–Crippen LogP) is 4.36. The lowest BCUT2D eigenvalue weighted by molar-refractivity contribution is -0.115. The molecule has 0 saturated carbocycles. The average Bonchev–Trinajstić information content (AvgIpc) is 2.83. The van der Waals surface area contributed by atoms with Crippen molar-refractivity contribution in [3.63, 3.8) is 0 Å². The summed E-state index contributed by atoms with van der Waals surface area (Å²) in [4.78, 5) is 12.3. The normalized spacial score (nSPS) is 21.9. The molecule has 1 aromatic carbocycles. The molecule has 23 heavy (non-hydrogen) atoms. The molecule has 1 aliphatic heterocycles. The Kier molecular flexibility index (Phi) is 4.31. The van der Waals surface area contributed by atoms with Gasteiger partial charge in [0.1, 0.15) is 5.75 Å². The van der Waals surface area contributed by atoms with Gasteiger partial charge in [-0.05, 0) is 53.8 Å². The lowest BCUT2D eigenvalue weighted by atomic mass is 9.90. The van der Waals surface area contributed by atoms with E-state index in [1.54, 1.807) is 7.11 Å². The van der Waals surface area contributed by atoms with Crippen LogP contribution in [0.15, 0.2) is 46.7 Å². The van der Waals surface area contributed by atoms with Crippen LogP contribution in [0.25, 0.3) is 6.08 Å². The first kappa shape index (κ1) is 15.9. The Morgan fingerprint density at radius 2 is 2.13 bits per heavy atom. The van der Waals surface area contributed by atoms with Crippen LogP contribution in [0.2, 0.25) is 0 Å². The van der Waals surface area contributed by atoms with E-state index in [2.05, 4.69) is 25.2 Å². The maximum Gasteiger partial charge on any atom is 0.252 e. The number of rotatable bonds is 3. The lowest BCUT2D eigenvalue weighted by Crippen LogP contribution is -2.13. The zero-order valence-electron chi connectivity index (χ0n) is 13.5. The van der Waals surface area contributed by atoms with Gasteiger partial charge >= 0.3 is 0 Å². The third kappa shape index (κ3) is 3.06. The van der Waals surface area contributed by atoms with E-state index in [-0.39, 0.29) is 11.8 Å². The summed E-state index contributed by atoms with van der Waals surface area (Å²) in [5.74, 6) is 1.22. The monoisotopic (exact) mass is 329 g/mol. The van der Waals surface area contributed by atoms with Crippen LogP contribution >= 0.6 is 11.6 Å². The maximum atomic E-state index is 12.3. The van der Waals surface area contributed by atoms with Crippen molar-refractivity contribution < 1.29 is 9.53 Å². The van der Waals surface area contributed by atoms with Gasteiger partial charge in [-0.3, -0.25) is 4.79 Å². The third-order valence-corrected chi connectivity index (χ3v) is 4.59. The van der Waals surface area contributed by atoms with E-state index in [9.17, 15) is 4.79 Å². The fourth-order valence-electron chi connectivity index (χ4n) is 3.08. The molecule has 2 aliphatic rings. The van der Waals surface area contributed by atoms with Crippen molar-refractivity contribution in [2.45, 2.75) is 26.2 Å². The number of allylic oxidation sites excluding steroid dienone is 4.